The zero-order chi connectivity index (χ0) is 30.8. The van der Waals surface area contributed by atoms with Crippen LogP contribution in [0.3, 0.4) is 0 Å². The van der Waals surface area contributed by atoms with Crippen LogP contribution in [0.4, 0.5) is 19.6 Å². The summed E-state index contributed by atoms with van der Waals surface area (Å²) in [7, 11) is 0. The zero-order valence-electron chi connectivity index (χ0n) is 24.7. The SMILES string of the molecule is C[C@@H](CN1CCOCC1)Oc1nc(N2C3CCC2CNC3)c2c3c(c(-c4ncc(F)c5sc(N)c(C#N)c45)c(F)c2n1)COC3. The molecular formula is C31H32F2N8O3S. The van der Waals surface area contributed by atoms with E-state index in [9.17, 15) is 9.65 Å². The van der Waals surface area contributed by atoms with Crippen LogP contribution in [0.15, 0.2) is 6.20 Å². The van der Waals surface area contributed by atoms with E-state index < -0.39 is 11.6 Å². The van der Waals surface area contributed by atoms with Crippen LogP contribution in [0.2, 0.25) is 0 Å². The molecule has 234 valence electrons. The van der Waals surface area contributed by atoms with Gasteiger partial charge in [-0.05, 0) is 30.9 Å². The lowest BCUT2D eigenvalue weighted by molar-refractivity contribution is 0.0207. The molecule has 0 aliphatic carbocycles. The summed E-state index contributed by atoms with van der Waals surface area (Å²) in [5.41, 5.74) is 7.91. The predicted octanol–water partition coefficient (Wildman–Crippen LogP) is 3.71. The number of nitrogens with two attached hydrogens (primary N) is 1. The minimum atomic E-state index is -0.639. The average molecular weight is 635 g/mol. The van der Waals surface area contributed by atoms with Crippen LogP contribution in [-0.2, 0) is 22.7 Å². The third-order valence-electron chi connectivity index (χ3n) is 9.35. The van der Waals surface area contributed by atoms with Crippen LogP contribution in [-0.4, -0.2) is 84.0 Å². The number of anilines is 2. The van der Waals surface area contributed by atoms with E-state index in [1.807, 2.05) is 6.92 Å². The molecule has 45 heavy (non-hydrogen) atoms. The van der Waals surface area contributed by atoms with Gasteiger partial charge in [0.25, 0.3) is 0 Å². The number of benzene rings is 1. The molecule has 4 aliphatic rings. The second kappa shape index (κ2) is 11.3. The maximum Gasteiger partial charge on any atom is 0.319 e. The van der Waals surface area contributed by atoms with E-state index in [0.29, 0.717) is 36.5 Å². The molecule has 4 aromatic rings. The van der Waals surface area contributed by atoms with E-state index >= 15 is 4.39 Å². The Morgan fingerprint density at radius 2 is 1.89 bits per heavy atom. The fourth-order valence-corrected chi connectivity index (χ4v) is 8.28. The van der Waals surface area contributed by atoms with E-state index in [1.54, 1.807) is 0 Å². The van der Waals surface area contributed by atoms with E-state index in [1.165, 1.54) is 0 Å². The highest BCUT2D eigenvalue weighted by atomic mass is 32.1. The molecule has 0 amide bonds. The molecule has 3 saturated heterocycles. The highest BCUT2D eigenvalue weighted by Crippen LogP contribution is 2.47. The number of thiophene rings is 1. The van der Waals surface area contributed by atoms with E-state index in [-0.39, 0.29) is 74.8 Å². The van der Waals surface area contributed by atoms with Gasteiger partial charge in [-0.1, -0.05) is 0 Å². The molecule has 4 aliphatic heterocycles. The number of nitrogens with zero attached hydrogens (tertiary/aromatic N) is 6. The van der Waals surface area contributed by atoms with Gasteiger partial charge in [-0.15, -0.1) is 11.3 Å². The molecule has 7 heterocycles. The van der Waals surface area contributed by atoms with Crippen molar-refractivity contribution in [3.63, 3.8) is 0 Å². The Bertz CT molecular complexity index is 1860. The molecule has 8 rings (SSSR count). The van der Waals surface area contributed by atoms with Gasteiger partial charge in [-0.25, -0.2) is 8.78 Å². The first-order valence-electron chi connectivity index (χ1n) is 15.3. The lowest BCUT2D eigenvalue weighted by atomic mass is 9.93. The summed E-state index contributed by atoms with van der Waals surface area (Å²) >= 11 is 0.950. The summed E-state index contributed by atoms with van der Waals surface area (Å²) in [5, 5.41) is 14.4. The molecule has 3 atom stereocenters. The highest BCUT2D eigenvalue weighted by Gasteiger charge is 2.40. The largest absolute Gasteiger partial charge is 0.459 e. The Morgan fingerprint density at radius 3 is 2.64 bits per heavy atom. The van der Waals surface area contributed by atoms with Gasteiger partial charge < -0.3 is 30.2 Å². The Kier molecular flexibility index (Phi) is 7.18. The van der Waals surface area contributed by atoms with Crippen molar-refractivity contribution in [1.82, 2.24) is 25.2 Å². The van der Waals surface area contributed by atoms with Gasteiger partial charge in [0.05, 0.1) is 54.0 Å². The summed E-state index contributed by atoms with van der Waals surface area (Å²) < 4.78 is 50.1. The standard InChI is InChI=1S/C31H32F2N8O3S/c1-15(12-40-4-6-42-7-5-40)44-31-38-27-24(30(39-31)41-16-2-3-17(41)10-36-9-16)20-14-43-13-19(20)22(25(27)33)26-23-18(8-34)29(35)45-28(23)21(32)11-37-26/h11,15-17,36H,2-7,9-10,12-14,35H2,1H3/t15-,16?,17?/m0/s1. The van der Waals surface area contributed by atoms with Crippen molar-refractivity contribution in [1.29, 1.82) is 5.26 Å². The summed E-state index contributed by atoms with van der Waals surface area (Å²) in [5.74, 6) is -0.616. The molecule has 0 saturated carbocycles. The molecule has 2 unspecified atom stereocenters. The van der Waals surface area contributed by atoms with Gasteiger partial charge in [-0.2, -0.15) is 15.2 Å². The highest BCUT2D eigenvalue weighted by molar-refractivity contribution is 7.23. The summed E-state index contributed by atoms with van der Waals surface area (Å²) in [6, 6.07) is 2.56. The number of hydrogen-bond acceptors (Lipinski definition) is 12. The van der Waals surface area contributed by atoms with Crippen LogP contribution < -0.4 is 20.7 Å². The number of aromatic nitrogens is 3. The predicted molar refractivity (Wildman–Crippen MR) is 165 cm³/mol. The fourth-order valence-electron chi connectivity index (χ4n) is 7.36. The first-order valence-corrected chi connectivity index (χ1v) is 16.1. The van der Waals surface area contributed by atoms with Gasteiger partial charge in [0.1, 0.15) is 28.5 Å². The summed E-state index contributed by atoms with van der Waals surface area (Å²) in [4.78, 5) is 18.6. The number of piperazine rings is 1. The van der Waals surface area contributed by atoms with E-state index in [2.05, 4.69) is 26.2 Å². The molecule has 11 nitrogen and oxygen atoms in total. The van der Waals surface area contributed by atoms with Crippen molar-refractivity contribution < 1.29 is 23.0 Å². The van der Waals surface area contributed by atoms with Crippen molar-refractivity contribution in [3.05, 3.63) is 34.5 Å². The topological polar surface area (TPSA) is 135 Å². The molecule has 3 fully saturated rings. The number of fused-ring (bicyclic) bond motifs is 6. The molecule has 0 spiro atoms. The number of rotatable bonds is 6. The minimum absolute atomic E-state index is 0.0749. The van der Waals surface area contributed by atoms with Gasteiger partial charge in [-0.3, -0.25) is 9.88 Å². The van der Waals surface area contributed by atoms with Crippen LogP contribution in [0, 0.1) is 23.0 Å². The van der Waals surface area contributed by atoms with Gasteiger partial charge in [0.15, 0.2) is 11.6 Å². The number of halogens is 2. The van der Waals surface area contributed by atoms with Crippen LogP contribution in [0.5, 0.6) is 6.01 Å². The number of hydrogen-bond donors (Lipinski definition) is 2. The molecule has 1 aromatic carbocycles. The quantitative estimate of drug-likeness (QED) is 0.322. The zero-order valence-corrected chi connectivity index (χ0v) is 25.6. The van der Waals surface area contributed by atoms with Gasteiger partial charge in [0, 0.05) is 55.8 Å². The summed E-state index contributed by atoms with van der Waals surface area (Å²) in [6.07, 6.45) is 2.78. The lowest BCUT2D eigenvalue weighted by Crippen LogP contribution is -2.52. The van der Waals surface area contributed by atoms with Gasteiger partial charge in [0.2, 0.25) is 0 Å². The Morgan fingerprint density at radius 1 is 1.13 bits per heavy atom. The smallest absolute Gasteiger partial charge is 0.319 e. The van der Waals surface area contributed by atoms with E-state index in [0.717, 1.165) is 62.1 Å². The number of nitrogens with one attached hydrogen (secondary N) is 1. The van der Waals surface area contributed by atoms with Crippen molar-refractivity contribution in [2.24, 2.45) is 0 Å². The van der Waals surface area contributed by atoms with Crippen molar-refractivity contribution in [3.8, 4) is 23.3 Å². The third-order valence-corrected chi connectivity index (χ3v) is 10.4. The average Bonchev–Trinajstić information content (AvgIpc) is 3.72. The Balaban J connectivity index is 1.34. The number of nitrogen functional groups attached to an aromatic ring is 1. The normalized spacial score (nSPS) is 22.2. The third kappa shape index (κ3) is 4.68. The summed E-state index contributed by atoms with van der Waals surface area (Å²) in [6.45, 7) is 7.53. The second-order valence-electron chi connectivity index (χ2n) is 12.1. The Labute approximate surface area is 261 Å². The van der Waals surface area contributed by atoms with Crippen molar-refractivity contribution in [2.45, 2.75) is 51.2 Å². The second-order valence-corrected chi connectivity index (χ2v) is 13.1. The maximum atomic E-state index is 17.2. The molecule has 3 N–H and O–H groups in total. The van der Waals surface area contributed by atoms with E-state index in [4.69, 9.17) is 29.9 Å². The van der Waals surface area contributed by atoms with Crippen LogP contribution in [0.25, 0.3) is 32.2 Å². The molecule has 0 radical (unpaired) electrons. The lowest BCUT2D eigenvalue weighted by Gasteiger charge is -2.37. The van der Waals surface area contributed by atoms with Crippen molar-refractivity contribution in [2.75, 3.05) is 56.6 Å². The first-order chi connectivity index (χ1) is 21.9. The fraction of sp³-hybridized carbons (Fsp3) is 0.484. The van der Waals surface area contributed by atoms with Crippen LogP contribution >= 0.6 is 11.3 Å². The molecular weight excluding hydrogens is 602 g/mol. The monoisotopic (exact) mass is 634 g/mol. The number of morpholine rings is 1. The number of ether oxygens (including phenoxy) is 3. The molecule has 14 heteroatoms. The number of pyridine rings is 1. The minimum Gasteiger partial charge on any atom is -0.459 e. The first kappa shape index (κ1) is 28.7. The maximum absolute atomic E-state index is 17.2. The molecule has 3 aromatic heterocycles. The molecule has 2 bridgehead atoms. The number of nitriles is 1. The Hall–Kier alpha value is -3.74. The van der Waals surface area contributed by atoms with Crippen LogP contribution in [0.1, 0.15) is 36.5 Å². The van der Waals surface area contributed by atoms with Crippen molar-refractivity contribution >= 4 is 43.1 Å². The van der Waals surface area contributed by atoms with Gasteiger partial charge >= 0.3 is 6.01 Å².